The molecule has 1 aliphatic rings. The fraction of sp³-hybridized carbons (Fsp3) is 0.278. The monoisotopic (exact) mass is 277 g/mol. The minimum absolute atomic E-state index is 0.858. The van der Waals surface area contributed by atoms with Crippen molar-refractivity contribution in [1.82, 2.24) is 14.9 Å². The molecule has 3 heterocycles. The molecule has 0 bridgehead atoms. The van der Waals surface area contributed by atoms with Crippen molar-refractivity contribution >= 4 is 10.9 Å². The predicted molar refractivity (Wildman–Crippen MR) is 85.3 cm³/mol. The minimum atomic E-state index is 0.858. The third-order valence-corrected chi connectivity index (χ3v) is 4.31. The molecular formula is C18H19N3. The molecule has 3 nitrogen and oxygen atoms in total. The van der Waals surface area contributed by atoms with Crippen molar-refractivity contribution in [3.8, 4) is 0 Å². The molecule has 0 spiro atoms. The van der Waals surface area contributed by atoms with E-state index in [-0.39, 0.29) is 0 Å². The lowest BCUT2D eigenvalue weighted by molar-refractivity contribution is 0.672. The molecule has 3 heteroatoms. The average molecular weight is 277 g/mol. The highest BCUT2D eigenvalue weighted by atomic mass is 15.0. The number of aromatic nitrogens is 2. The SMILES string of the molecule is c1ccc(Cn2c3c(c4ccccc42)CNCCC3)nc1. The normalized spacial score (nSPS) is 14.9. The van der Waals surface area contributed by atoms with Crippen LogP contribution in [0.2, 0.25) is 0 Å². The van der Waals surface area contributed by atoms with E-state index in [0.717, 1.165) is 31.7 Å². The Hall–Kier alpha value is -2.13. The van der Waals surface area contributed by atoms with Crippen LogP contribution in [0.5, 0.6) is 0 Å². The summed E-state index contributed by atoms with van der Waals surface area (Å²) in [6.45, 7) is 2.94. The van der Waals surface area contributed by atoms with Crippen LogP contribution in [0.25, 0.3) is 10.9 Å². The number of rotatable bonds is 2. The summed E-state index contributed by atoms with van der Waals surface area (Å²) < 4.78 is 2.46. The number of hydrogen-bond donors (Lipinski definition) is 1. The summed E-state index contributed by atoms with van der Waals surface area (Å²) in [6, 6.07) is 14.9. The van der Waals surface area contributed by atoms with Crippen molar-refractivity contribution in [2.75, 3.05) is 6.54 Å². The van der Waals surface area contributed by atoms with Crippen LogP contribution < -0.4 is 5.32 Å². The zero-order valence-corrected chi connectivity index (χ0v) is 12.0. The Morgan fingerprint density at radius 2 is 2.00 bits per heavy atom. The first kappa shape index (κ1) is 12.6. The molecule has 0 unspecified atom stereocenters. The van der Waals surface area contributed by atoms with E-state index in [1.807, 2.05) is 12.3 Å². The van der Waals surface area contributed by atoms with E-state index in [2.05, 4.69) is 51.3 Å². The number of pyridine rings is 1. The van der Waals surface area contributed by atoms with Gasteiger partial charge in [0, 0.05) is 29.3 Å². The largest absolute Gasteiger partial charge is 0.338 e. The quantitative estimate of drug-likeness (QED) is 0.780. The van der Waals surface area contributed by atoms with Gasteiger partial charge in [-0.15, -0.1) is 0 Å². The second-order valence-electron chi connectivity index (χ2n) is 5.63. The van der Waals surface area contributed by atoms with E-state index in [0.29, 0.717) is 0 Å². The lowest BCUT2D eigenvalue weighted by Crippen LogP contribution is -2.11. The summed E-state index contributed by atoms with van der Waals surface area (Å²) in [6.07, 6.45) is 4.22. The van der Waals surface area contributed by atoms with Crippen molar-refractivity contribution in [3.63, 3.8) is 0 Å². The van der Waals surface area contributed by atoms with Crippen molar-refractivity contribution < 1.29 is 0 Å². The predicted octanol–water partition coefficient (Wildman–Crippen LogP) is 3.12. The van der Waals surface area contributed by atoms with E-state index in [4.69, 9.17) is 0 Å². The first-order chi connectivity index (χ1) is 10.4. The molecule has 3 aromatic rings. The number of hydrogen-bond acceptors (Lipinski definition) is 2. The molecule has 0 aliphatic carbocycles. The van der Waals surface area contributed by atoms with Gasteiger partial charge < -0.3 is 9.88 Å². The van der Waals surface area contributed by atoms with E-state index in [9.17, 15) is 0 Å². The third kappa shape index (κ3) is 2.24. The molecular weight excluding hydrogens is 258 g/mol. The Balaban J connectivity index is 1.88. The van der Waals surface area contributed by atoms with Crippen LogP contribution in [0.3, 0.4) is 0 Å². The molecule has 0 saturated heterocycles. The van der Waals surface area contributed by atoms with Crippen LogP contribution >= 0.6 is 0 Å². The topological polar surface area (TPSA) is 29.9 Å². The Morgan fingerprint density at radius 3 is 2.90 bits per heavy atom. The molecule has 106 valence electrons. The van der Waals surface area contributed by atoms with Gasteiger partial charge >= 0.3 is 0 Å². The van der Waals surface area contributed by atoms with Gasteiger partial charge in [0.2, 0.25) is 0 Å². The Kier molecular flexibility index (Phi) is 3.20. The van der Waals surface area contributed by atoms with Gasteiger partial charge in [0.25, 0.3) is 0 Å². The Bertz CT molecular complexity index is 759. The number of benzene rings is 1. The lowest BCUT2D eigenvalue weighted by atomic mass is 10.1. The smallest absolute Gasteiger partial charge is 0.0651 e. The fourth-order valence-electron chi connectivity index (χ4n) is 3.34. The van der Waals surface area contributed by atoms with Crippen LogP contribution in [0.4, 0.5) is 0 Å². The standard InChI is InChI=1S/C18H19N3/c1-2-8-17-15(7-1)16-12-19-10-5-9-18(16)21(17)13-14-6-3-4-11-20-14/h1-4,6-8,11,19H,5,9-10,12-13H2. The van der Waals surface area contributed by atoms with E-state index in [1.165, 1.54) is 28.6 Å². The van der Waals surface area contributed by atoms with Gasteiger partial charge in [-0.3, -0.25) is 4.98 Å². The number of nitrogens with zero attached hydrogens (tertiary/aromatic N) is 2. The number of fused-ring (bicyclic) bond motifs is 3. The van der Waals surface area contributed by atoms with Crippen molar-refractivity contribution in [3.05, 3.63) is 65.6 Å². The highest BCUT2D eigenvalue weighted by molar-refractivity contribution is 5.85. The second kappa shape index (κ2) is 5.34. The summed E-state index contributed by atoms with van der Waals surface area (Å²) in [5.74, 6) is 0. The van der Waals surface area contributed by atoms with E-state index < -0.39 is 0 Å². The molecule has 0 atom stereocenters. The highest BCUT2D eigenvalue weighted by Crippen LogP contribution is 2.29. The van der Waals surface area contributed by atoms with Gasteiger partial charge in [-0.05, 0) is 43.1 Å². The summed E-state index contributed by atoms with van der Waals surface area (Å²) in [4.78, 5) is 4.50. The fourth-order valence-corrected chi connectivity index (χ4v) is 3.34. The summed E-state index contributed by atoms with van der Waals surface area (Å²) in [5, 5.41) is 4.93. The van der Waals surface area contributed by atoms with Gasteiger partial charge in [-0.25, -0.2) is 0 Å². The van der Waals surface area contributed by atoms with Crippen LogP contribution in [0.1, 0.15) is 23.4 Å². The van der Waals surface area contributed by atoms with Crippen LogP contribution in [0.15, 0.2) is 48.7 Å². The Morgan fingerprint density at radius 1 is 1.10 bits per heavy atom. The maximum Gasteiger partial charge on any atom is 0.0651 e. The maximum absolute atomic E-state index is 4.50. The molecule has 21 heavy (non-hydrogen) atoms. The number of nitrogens with one attached hydrogen (secondary N) is 1. The average Bonchev–Trinajstić information content (AvgIpc) is 2.69. The summed E-state index contributed by atoms with van der Waals surface area (Å²) >= 11 is 0. The van der Waals surface area contributed by atoms with Crippen LogP contribution in [-0.4, -0.2) is 16.1 Å². The molecule has 0 amide bonds. The maximum atomic E-state index is 4.50. The molecule has 1 aromatic carbocycles. The van der Waals surface area contributed by atoms with Gasteiger partial charge in [-0.2, -0.15) is 0 Å². The number of para-hydroxylation sites is 1. The van der Waals surface area contributed by atoms with Gasteiger partial charge in [-0.1, -0.05) is 24.3 Å². The second-order valence-corrected chi connectivity index (χ2v) is 5.63. The van der Waals surface area contributed by atoms with Crippen LogP contribution in [-0.2, 0) is 19.5 Å². The molecule has 4 rings (SSSR count). The Labute approximate surface area is 124 Å². The minimum Gasteiger partial charge on any atom is -0.338 e. The highest BCUT2D eigenvalue weighted by Gasteiger charge is 2.18. The first-order valence-electron chi connectivity index (χ1n) is 7.63. The molecule has 0 saturated carbocycles. The van der Waals surface area contributed by atoms with Gasteiger partial charge in [0.1, 0.15) is 0 Å². The molecule has 1 N–H and O–H groups in total. The summed E-state index contributed by atoms with van der Waals surface area (Å²) in [5.41, 5.74) is 5.40. The molecule has 2 aromatic heterocycles. The van der Waals surface area contributed by atoms with Crippen LogP contribution in [0, 0.1) is 0 Å². The molecule has 0 radical (unpaired) electrons. The zero-order chi connectivity index (χ0) is 14.1. The summed E-state index contributed by atoms with van der Waals surface area (Å²) in [7, 11) is 0. The molecule has 1 aliphatic heterocycles. The van der Waals surface area contributed by atoms with Crippen molar-refractivity contribution in [2.24, 2.45) is 0 Å². The van der Waals surface area contributed by atoms with E-state index >= 15 is 0 Å². The first-order valence-corrected chi connectivity index (χ1v) is 7.63. The molecule has 0 fully saturated rings. The van der Waals surface area contributed by atoms with Gasteiger partial charge in [0.05, 0.1) is 12.2 Å². The van der Waals surface area contributed by atoms with Crippen molar-refractivity contribution in [1.29, 1.82) is 0 Å². The van der Waals surface area contributed by atoms with E-state index in [1.54, 1.807) is 0 Å². The van der Waals surface area contributed by atoms with Crippen molar-refractivity contribution in [2.45, 2.75) is 25.9 Å². The zero-order valence-electron chi connectivity index (χ0n) is 12.0. The lowest BCUT2D eigenvalue weighted by Gasteiger charge is -2.10. The third-order valence-electron chi connectivity index (χ3n) is 4.31. The van der Waals surface area contributed by atoms with Gasteiger partial charge in [0.15, 0.2) is 0 Å².